The van der Waals surface area contributed by atoms with Gasteiger partial charge in [-0.1, -0.05) is 6.92 Å². The van der Waals surface area contributed by atoms with Gasteiger partial charge in [0, 0.05) is 39.1 Å². The van der Waals surface area contributed by atoms with Gasteiger partial charge in [0.2, 0.25) is 5.91 Å². The first kappa shape index (κ1) is 15.0. The minimum absolute atomic E-state index is 0.00345. The number of rotatable bonds is 6. The molecular formula is C13H23NO4. The first-order valence-corrected chi connectivity index (χ1v) is 6.57. The molecule has 0 bridgehead atoms. The third-order valence-electron chi connectivity index (χ3n) is 3.62. The standard InChI is InChI=1S/C13H23NO4/c1-10(11-5-8-18-9-6-11)13(17)14(2)7-3-4-12(15)16/h10-11H,3-9H2,1-2H3,(H,15,16). The van der Waals surface area contributed by atoms with Gasteiger partial charge in [-0.25, -0.2) is 0 Å². The Bertz CT molecular complexity index is 287. The second kappa shape index (κ2) is 7.36. The topological polar surface area (TPSA) is 66.8 Å². The summed E-state index contributed by atoms with van der Waals surface area (Å²) in [5, 5.41) is 8.56. The predicted molar refractivity (Wildman–Crippen MR) is 67.2 cm³/mol. The van der Waals surface area contributed by atoms with E-state index in [1.54, 1.807) is 11.9 Å². The molecule has 1 fully saturated rings. The summed E-state index contributed by atoms with van der Waals surface area (Å²) >= 11 is 0. The van der Waals surface area contributed by atoms with Crippen molar-refractivity contribution in [3.05, 3.63) is 0 Å². The lowest BCUT2D eigenvalue weighted by Gasteiger charge is -2.30. The van der Waals surface area contributed by atoms with Crippen LogP contribution in [-0.4, -0.2) is 48.7 Å². The molecule has 1 N–H and O–H groups in total. The van der Waals surface area contributed by atoms with Crippen LogP contribution >= 0.6 is 0 Å². The summed E-state index contributed by atoms with van der Waals surface area (Å²) in [6, 6.07) is 0. The van der Waals surface area contributed by atoms with Crippen LogP contribution in [0.2, 0.25) is 0 Å². The molecule has 0 aliphatic carbocycles. The molecular weight excluding hydrogens is 234 g/mol. The summed E-state index contributed by atoms with van der Waals surface area (Å²) in [5.74, 6) is -0.294. The van der Waals surface area contributed by atoms with Crippen LogP contribution in [0.3, 0.4) is 0 Å². The molecule has 1 heterocycles. The fourth-order valence-corrected chi connectivity index (χ4v) is 2.34. The first-order chi connectivity index (χ1) is 8.52. The molecule has 0 aromatic heterocycles. The Kier molecular flexibility index (Phi) is 6.12. The Labute approximate surface area is 108 Å². The molecule has 0 saturated carbocycles. The highest BCUT2D eigenvalue weighted by Gasteiger charge is 2.27. The molecule has 1 atom stereocenters. The van der Waals surface area contributed by atoms with Gasteiger partial charge in [-0.05, 0) is 25.2 Å². The zero-order valence-electron chi connectivity index (χ0n) is 11.2. The molecule has 1 rings (SSSR count). The number of carboxylic acids is 1. The van der Waals surface area contributed by atoms with Gasteiger partial charge in [0.25, 0.3) is 0 Å². The molecule has 0 radical (unpaired) electrons. The van der Waals surface area contributed by atoms with E-state index in [2.05, 4.69) is 0 Å². The van der Waals surface area contributed by atoms with E-state index in [1.807, 2.05) is 6.92 Å². The number of hydrogen-bond acceptors (Lipinski definition) is 3. The number of carbonyl (C=O) groups is 2. The molecule has 1 saturated heterocycles. The third kappa shape index (κ3) is 4.64. The van der Waals surface area contributed by atoms with Crippen molar-refractivity contribution in [2.24, 2.45) is 11.8 Å². The second-order valence-electron chi connectivity index (χ2n) is 5.00. The van der Waals surface area contributed by atoms with Gasteiger partial charge in [-0.2, -0.15) is 0 Å². The zero-order valence-corrected chi connectivity index (χ0v) is 11.2. The van der Waals surface area contributed by atoms with E-state index < -0.39 is 5.97 Å². The fourth-order valence-electron chi connectivity index (χ4n) is 2.34. The third-order valence-corrected chi connectivity index (χ3v) is 3.62. The van der Waals surface area contributed by atoms with E-state index in [1.165, 1.54) is 0 Å². The Morgan fingerprint density at radius 3 is 2.56 bits per heavy atom. The van der Waals surface area contributed by atoms with Crippen LogP contribution in [0.1, 0.15) is 32.6 Å². The maximum Gasteiger partial charge on any atom is 0.303 e. The van der Waals surface area contributed by atoms with E-state index in [4.69, 9.17) is 9.84 Å². The fraction of sp³-hybridized carbons (Fsp3) is 0.846. The Balaban J connectivity index is 2.34. The second-order valence-corrected chi connectivity index (χ2v) is 5.00. The minimum atomic E-state index is -0.812. The lowest BCUT2D eigenvalue weighted by molar-refractivity contribution is -0.139. The lowest BCUT2D eigenvalue weighted by Crippen LogP contribution is -2.37. The molecule has 0 aromatic carbocycles. The Morgan fingerprint density at radius 1 is 1.39 bits per heavy atom. The molecule has 0 spiro atoms. The number of amides is 1. The largest absolute Gasteiger partial charge is 0.481 e. The van der Waals surface area contributed by atoms with Gasteiger partial charge >= 0.3 is 5.97 Å². The van der Waals surface area contributed by atoms with E-state index in [0.717, 1.165) is 26.1 Å². The monoisotopic (exact) mass is 257 g/mol. The quantitative estimate of drug-likeness (QED) is 0.780. The smallest absolute Gasteiger partial charge is 0.303 e. The van der Waals surface area contributed by atoms with Crippen molar-refractivity contribution in [1.29, 1.82) is 0 Å². The van der Waals surface area contributed by atoms with Crippen molar-refractivity contribution in [3.8, 4) is 0 Å². The summed E-state index contributed by atoms with van der Waals surface area (Å²) in [4.78, 5) is 24.2. The number of carbonyl (C=O) groups excluding carboxylic acids is 1. The van der Waals surface area contributed by atoms with Gasteiger partial charge < -0.3 is 14.7 Å². The summed E-state index contributed by atoms with van der Waals surface area (Å²) in [5.41, 5.74) is 0. The first-order valence-electron chi connectivity index (χ1n) is 6.57. The Hall–Kier alpha value is -1.10. The number of aliphatic carboxylic acids is 1. The van der Waals surface area contributed by atoms with Crippen molar-refractivity contribution in [2.75, 3.05) is 26.8 Å². The average Bonchev–Trinajstić information content (AvgIpc) is 2.37. The molecule has 18 heavy (non-hydrogen) atoms. The van der Waals surface area contributed by atoms with E-state index in [9.17, 15) is 9.59 Å². The van der Waals surface area contributed by atoms with Gasteiger partial charge in [0.05, 0.1) is 0 Å². The molecule has 0 aromatic rings. The molecule has 1 amide bonds. The van der Waals surface area contributed by atoms with Crippen LogP contribution < -0.4 is 0 Å². The number of ether oxygens (including phenoxy) is 1. The number of nitrogens with zero attached hydrogens (tertiary/aromatic N) is 1. The zero-order chi connectivity index (χ0) is 13.5. The average molecular weight is 257 g/mol. The molecule has 104 valence electrons. The van der Waals surface area contributed by atoms with Crippen LogP contribution in [0.4, 0.5) is 0 Å². The van der Waals surface area contributed by atoms with E-state index in [-0.39, 0.29) is 18.2 Å². The highest BCUT2D eigenvalue weighted by atomic mass is 16.5. The maximum absolute atomic E-state index is 12.2. The summed E-state index contributed by atoms with van der Waals surface area (Å²) in [6.07, 6.45) is 2.51. The van der Waals surface area contributed by atoms with Gasteiger partial charge in [0.15, 0.2) is 0 Å². The van der Waals surface area contributed by atoms with Gasteiger partial charge in [0.1, 0.15) is 0 Å². The van der Waals surface area contributed by atoms with E-state index in [0.29, 0.717) is 18.9 Å². The van der Waals surface area contributed by atoms with Crippen LogP contribution in [0.25, 0.3) is 0 Å². The number of carboxylic acid groups (broad SMARTS) is 1. The SMILES string of the molecule is CC(C(=O)N(C)CCCC(=O)O)C1CCOCC1. The van der Waals surface area contributed by atoms with Crippen molar-refractivity contribution >= 4 is 11.9 Å². The highest BCUT2D eigenvalue weighted by Crippen LogP contribution is 2.24. The van der Waals surface area contributed by atoms with Gasteiger partial charge in [-0.3, -0.25) is 9.59 Å². The van der Waals surface area contributed by atoms with Crippen molar-refractivity contribution in [2.45, 2.75) is 32.6 Å². The van der Waals surface area contributed by atoms with E-state index >= 15 is 0 Å². The van der Waals surface area contributed by atoms with Crippen LogP contribution in [0.15, 0.2) is 0 Å². The van der Waals surface area contributed by atoms with Crippen molar-refractivity contribution < 1.29 is 19.4 Å². The molecule has 1 unspecified atom stereocenters. The molecule has 5 nitrogen and oxygen atoms in total. The summed E-state index contributed by atoms with van der Waals surface area (Å²) in [7, 11) is 1.75. The van der Waals surface area contributed by atoms with Crippen molar-refractivity contribution in [1.82, 2.24) is 4.90 Å². The molecule has 1 aliphatic heterocycles. The van der Waals surface area contributed by atoms with Crippen LogP contribution in [0, 0.1) is 11.8 Å². The summed E-state index contributed by atoms with van der Waals surface area (Å²) in [6.45, 7) is 3.96. The van der Waals surface area contributed by atoms with Crippen LogP contribution in [-0.2, 0) is 14.3 Å². The molecule has 1 aliphatic rings. The normalized spacial score (nSPS) is 18.3. The molecule has 5 heteroatoms. The minimum Gasteiger partial charge on any atom is -0.481 e. The summed E-state index contributed by atoms with van der Waals surface area (Å²) < 4.78 is 5.29. The van der Waals surface area contributed by atoms with Crippen LogP contribution in [0.5, 0.6) is 0 Å². The highest BCUT2D eigenvalue weighted by molar-refractivity contribution is 5.78. The Morgan fingerprint density at radius 2 is 2.00 bits per heavy atom. The predicted octanol–water partition coefficient (Wildman–Crippen LogP) is 1.37. The maximum atomic E-state index is 12.2. The number of hydrogen-bond donors (Lipinski definition) is 1. The van der Waals surface area contributed by atoms with Crippen molar-refractivity contribution in [3.63, 3.8) is 0 Å². The lowest BCUT2D eigenvalue weighted by atomic mass is 9.86. The van der Waals surface area contributed by atoms with Gasteiger partial charge in [-0.15, -0.1) is 0 Å².